The molecule has 114 valence electrons. The Balaban J connectivity index is 1.89. The molecule has 2 rings (SSSR count). The second-order valence-electron chi connectivity index (χ2n) is 4.69. The summed E-state index contributed by atoms with van der Waals surface area (Å²) in [7, 11) is 1.34. The van der Waals surface area contributed by atoms with Gasteiger partial charge in [0, 0.05) is 11.0 Å². The number of nitrogens with one attached hydrogen (secondary N) is 1. The van der Waals surface area contributed by atoms with Crippen LogP contribution in [0.3, 0.4) is 0 Å². The summed E-state index contributed by atoms with van der Waals surface area (Å²) in [5.74, 6) is -0.524. The van der Waals surface area contributed by atoms with E-state index in [1.807, 2.05) is 18.4 Å². The minimum Gasteiger partial charge on any atom is -0.465 e. The van der Waals surface area contributed by atoms with Gasteiger partial charge < -0.3 is 10.1 Å². The topological polar surface area (TPSA) is 55.4 Å². The maximum Gasteiger partial charge on any atom is 0.337 e. The summed E-state index contributed by atoms with van der Waals surface area (Å²) in [5, 5.41) is 4.85. The highest BCUT2D eigenvalue weighted by Gasteiger charge is 2.04. The van der Waals surface area contributed by atoms with Crippen LogP contribution in [0.25, 0.3) is 6.08 Å². The van der Waals surface area contributed by atoms with E-state index in [1.165, 1.54) is 18.7 Å². The molecule has 1 heterocycles. The fourth-order valence-corrected chi connectivity index (χ4v) is 2.68. The van der Waals surface area contributed by atoms with Gasteiger partial charge in [0.1, 0.15) is 0 Å². The third-order valence-corrected chi connectivity index (χ3v) is 4.17. The van der Waals surface area contributed by atoms with E-state index in [9.17, 15) is 9.59 Å². The average molecular weight is 315 g/mol. The first-order chi connectivity index (χ1) is 10.6. The van der Waals surface area contributed by atoms with Crippen LogP contribution in [0.2, 0.25) is 0 Å². The van der Waals surface area contributed by atoms with E-state index in [0.717, 1.165) is 10.4 Å². The fourth-order valence-electron chi connectivity index (χ4n) is 1.83. The van der Waals surface area contributed by atoms with Gasteiger partial charge in [-0.25, -0.2) is 4.79 Å². The van der Waals surface area contributed by atoms with Crippen LogP contribution in [0.1, 0.15) is 26.4 Å². The Labute approximate surface area is 133 Å². The van der Waals surface area contributed by atoms with Crippen LogP contribution in [-0.2, 0) is 16.1 Å². The molecule has 0 aliphatic heterocycles. The van der Waals surface area contributed by atoms with Gasteiger partial charge in [0.25, 0.3) is 0 Å². The van der Waals surface area contributed by atoms with E-state index in [1.54, 1.807) is 41.7 Å². The predicted octanol–water partition coefficient (Wildman–Crippen LogP) is 3.17. The second-order valence-corrected chi connectivity index (χ2v) is 5.69. The number of benzene rings is 1. The van der Waals surface area contributed by atoms with Crippen molar-refractivity contribution in [3.8, 4) is 0 Å². The first-order valence-corrected chi connectivity index (χ1v) is 7.65. The van der Waals surface area contributed by atoms with Gasteiger partial charge in [0.2, 0.25) is 5.91 Å². The molecular weight excluding hydrogens is 298 g/mol. The number of thiophene rings is 1. The standard InChI is InChI=1S/C17H17NO3S/c1-12-9-10-22-15(12)11-18-16(19)8-5-13-3-6-14(7-4-13)17(20)21-2/h3-10H,11H2,1-2H3,(H,18,19)/b8-5+. The molecule has 0 unspecified atom stereocenters. The number of esters is 1. The van der Waals surface area contributed by atoms with Gasteiger partial charge in [-0.2, -0.15) is 0 Å². The Morgan fingerprint density at radius 1 is 1.23 bits per heavy atom. The van der Waals surface area contributed by atoms with Crippen LogP contribution in [0, 0.1) is 6.92 Å². The molecule has 22 heavy (non-hydrogen) atoms. The number of carbonyl (C=O) groups excluding carboxylic acids is 2. The number of amides is 1. The highest BCUT2D eigenvalue weighted by atomic mass is 32.1. The second kappa shape index (κ2) is 7.56. The van der Waals surface area contributed by atoms with Crippen LogP contribution < -0.4 is 5.32 Å². The van der Waals surface area contributed by atoms with E-state index >= 15 is 0 Å². The number of hydrogen-bond acceptors (Lipinski definition) is 4. The lowest BCUT2D eigenvalue weighted by Gasteiger charge is -2.01. The molecule has 0 saturated heterocycles. The molecule has 4 nitrogen and oxygen atoms in total. The predicted molar refractivity (Wildman–Crippen MR) is 87.7 cm³/mol. The van der Waals surface area contributed by atoms with Gasteiger partial charge in [0.15, 0.2) is 0 Å². The summed E-state index contributed by atoms with van der Waals surface area (Å²) in [6.45, 7) is 2.56. The van der Waals surface area contributed by atoms with Crippen molar-refractivity contribution >= 4 is 29.3 Å². The zero-order valence-corrected chi connectivity index (χ0v) is 13.3. The van der Waals surface area contributed by atoms with Gasteiger partial charge in [-0.05, 0) is 47.7 Å². The Bertz CT molecular complexity index is 686. The van der Waals surface area contributed by atoms with Crippen LogP contribution in [-0.4, -0.2) is 19.0 Å². The lowest BCUT2D eigenvalue weighted by molar-refractivity contribution is -0.116. The molecule has 5 heteroatoms. The van der Waals surface area contributed by atoms with Crippen LogP contribution in [0.15, 0.2) is 41.8 Å². The molecule has 0 spiro atoms. The lowest BCUT2D eigenvalue weighted by atomic mass is 10.1. The molecule has 1 aromatic carbocycles. The normalized spacial score (nSPS) is 10.6. The molecule has 2 aromatic rings. The minimum absolute atomic E-state index is 0.148. The van der Waals surface area contributed by atoms with Crippen molar-refractivity contribution in [1.29, 1.82) is 0 Å². The maximum atomic E-state index is 11.8. The van der Waals surface area contributed by atoms with Gasteiger partial charge >= 0.3 is 5.97 Å². The molecule has 0 saturated carbocycles. The van der Waals surface area contributed by atoms with Gasteiger partial charge in [0.05, 0.1) is 19.2 Å². The lowest BCUT2D eigenvalue weighted by Crippen LogP contribution is -2.19. The number of methoxy groups -OCH3 is 1. The summed E-state index contributed by atoms with van der Waals surface area (Å²) >= 11 is 1.63. The van der Waals surface area contributed by atoms with Crippen LogP contribution in [0.5, 0.6) is 0 Å². The van der Waals surface area contributed by atoms with Crippen molar-refractivity contribution in [2.24, 2.45) is 0 Å². The summed E-state index contributed by atoms with van der Waals surface area (Å²) in [6.07, 6.45) is 3.19. The van der Waals surface area contributed by atoms with Crippen molar-refractivity contribution < 1.29 is 14.3 Å². The first kappa shape index (κ1) is 16.0. The van der Waals surface area contributed by atoms with E-state index in [2.05, 4.69) is 10.1 Å². The summed E-state index contributed by atoms with van der Waals surface area (Å²) in [4.78, 5) is 24.2. The third kappa shape index (κ3) is 4.30. The number of rotatable bonds is 5. The zero-order valence-electron chi connectivity index (χ0n) is 12.5. The molecule has 1 aromatic heterocycles. The van der Waals surface area contributed by atoms with Gasteiger partial charge in [-0.3, -0.25) is 4.79 Å². The quantitative estimate of drug-likeness (QED) is 0.681. The van der Waals surface area contributed by atoms with Crippen molar-refractivity contribution in [3.63, 3.8) is 0 Å². The largest absolute Gasteiger partial charge is 0.465 e. The van der Waals surface area contributed by atoms with Gasteiger partial charge in [-0.15, -0.1) is 11.3 Å². The number of hydrogen-bond donors (Lipinski definition) is 1. The number of carbonyl (C=O) groups is 2. The molecule has 0 fully saturated rings. The molecule has 0 radical (unpaired) electrons. The maximum absolute atomic E-state index is 11.8. The molecule has 0 aliphatic rings. The average Bonchev–Trinajstić information content (AvgIpc) is 2.95. The van der Waals surface area contributed by atoms with Crippen molar-refractivity contribution in [2.45, 2.75) is 13.5 Å². The summed E-state index contributed by atoms with van der Waals surface area (Å²) < 4.78 is 4.63. The SMILES string of the molecule is COC(=O)c1ccc(/C=C/C(=O)NCc2sccc2C)cc1. The summed E-state index contributed by atoms with van der Waals surface area (Å²) in [5.41, 5.74) is 2.51. The minimum atomic E-state index is -0.375. The Morgan fingerprint density at radius 3 is 2.55 bits per heavy atom. The zero-order chi connectivity index (χ0) is 15.9. The monoisotopic (exact) mass is 315 g/mol. The van der Waals surface area contributed by atoms with Gasteiger partial charge in [-0.1, -0.05) is 12.1 Å². The summed E-state index contributed by atoms with van der Waals surface area (Å²) in [6, 6.07) is 8.89. The van der Waals surface area contributed by atoms with E-state index in [0.29, 0.717) is 12.1 Å². The molecule has 1 N–H and O–H groups in total. The molecule has 0 atom stereocenters. The third-order valence-electron chi connectivity index (χ3n) is 3.15. The molecule has 0 aliphatic carbocycles. The Kier molecular flexibility index (Phi) is 5.49. The van der Waals surface area contributed by atoms with E-state index in [-0.39, 0.29) is 11.9 Å². The van der Waals surface area contributed by atoms with Crippen molar-refractivity contribution in [3.05, 3.63) is 63.4 Å². The highest BCUT2D eigenvalue weighted by molar-refractivity contribution is 7.10. The van der Waals surface area contributed by atoms with Crippen LogP contribution >= 0.6 is 11.3 Å². The van der Waals surface area contributed by atoms with Crippen molar-refractivity contribution in [2.75, 3.05) is 7.11 Å². The van der Waals surface area contributed by atoms with Crippen LogP contribution in [0.4, 0.5) is 0 Å². The molecular formula is C17H17NO3S. The van der Waals surface area contributed by atoms with Crippen molar-refractivity contribution in [1.82, 2.24) is 5.32 Å². The first-order valence-electron chi connectivity index (χ1n) is 6.77. The van der Waals surface area contributed by atoms with E-state index < -0.39 is 0 Å². The smallest absolute Gasteiger partial charge is 0.337 e. The van der Waals surface area contributed by atoms with E-state index in [4.69, 9.17) is 0 Å². The molecule has 1 amide bonds. The number of ether oxygens (including phenoxy) is 1. The Morgan fingerprint density at radius 2 is 1.95 bits per heavy atom. The number of aryl methyl sites for hydroxylation is 1. The molecule has 0 bridgehead atoms. The highest BCUT2D eigenvalue weighted by Crippen LogP contribution is 2.14. The Hall–Kier alpha value is -2.40. The fraction of sp³-hybridized carbons (Fsp3) is 0.176.